The van der Waals surface area contributed by atoms with Gasteiger partial charge in [0.15, 0.2) is 11.5 Å². The minimum absolute atomic E-state index is 0.0111. The minimum atomic E-state index is -3.81. The Bertz CT molecular complexity index is 1290. The summed E-state index contributed by atoms with van der Waals surface area (Å²) in [5.74, 6) is -3.29. The molecule has 0 amide bonds. The maximum atomic E-state index is 15.3. The van der Waals surface area contributed by atoms with Crippen LogP contribution in [0, 0.1) is 12.7 Å². The molecule has 1 aromatic heterocycles. The molecule has 2 aromatic carbocycles. The highest BCUT2D eigenvalue weighted by Crippen LogP contribution is 2.45. The Kier molecular flexibility index (Phi) is 6.55. The SMILES string of the molecule is COc1cc2nc(C)nc(N[C@H](C)c3cccc(C(F)(F)C(C)(C)O)c3F)c2cc1OC1(CO)CC1. The third kappa shape index (κ3) is 4.67. The van der Waals surface area contributed by atoms with E-state index in [1.54, 1.807) is 26.0 Å². The topological polar surface area (TPSA) is 96.7 Å². The van der Waals surface area contributed by atoms with Gasteiger partial charge in [-0.1, -0.05) is 12.1 Å². The summed E-state index contributed by atoms with van der Waals surface area (Å²) in [5, 5.41) is 23.3. The van der Waals surface area contributed by atoms with Crippen molar-refractivity contribution in [2.24, 2.45) is 0 Å². The molecule has 0 radical (unpaired) electrons. The summed E-state index contributed by atoms with van der Waals surface area (Å²) < 4.78 is 56.4. The van der Waals surface area contributed by atoms with Crippen molar-refractivity contribution in [3.8, 4) is 11.5 Å². The van der Waals surface area contributed by atoms with E-state index in [9.17, 15) is 19.0 Å². The molecule has 1 aliphatic carbocycles. The number of aliphatic hydroxyl groups is 2. The van der Waals surface area contributed by atoms with E-state index in [4.69, 9.17) is 9.47 Å². The number of halogens is 3. The standard InChI is InChI=1S/C26H30F3N3O4/c1-14(16-7-6-8-18(22(16)27)26(28,29)24(3,4)34)30-23-17-11-21(36-25(13-33)9-10-25)20(35-5)12-19(17)31-15(2)32-23/h6-8,11-12,14,33-34H,9-10,13H2,1-5H3,(H,30,31,32)/t14-/m1/s1. The number of nitrogens with zero attached hydrogens (tertiary/aromatic N) is 2. The van der Waals surface area contributed by atoms with Gasteiger partial charge in [-0.05, 0) is 52.7 Å². The minimum Gasteiger partial charge on any atom is -0.493 e. The first-order valence-electron chi connectivity index (χ1n) is 11.6. The lowest BCUT2D eigenvalue weighted by molar-refractivity contribution is -0.170. The van der Waals surface area contributed by atoms with E-state index in [1.165, 1.54) is 19.2 Å². The summed E-state index contributed by atoms with van der Waals surface area (Å²) in [4.78, 5) is 8.91. The summed E-state index contributed by atoms with van der Waals surface area (Å²) in [5.41, 5.74) is -3.46. The van der Waals surface area contributed by atoms with E-state index in [0.29, 0.717) is 46.9 Å². The highest BCUT2D eigenvalue weighted by molar-refractivity contribution is 5.92. The Labute approximate surface area is 207 Å². The van der Waals surface area contributed by atoms with Crippen molar-refractivity contribution in [1.82, 2.24) is 9.97 Å². The lowest BCUT2D eigenvalue weighted by Gasteiger charge is -2.30. The van der Waals surface area contributed by atoms with Crippen molar-refractivity contribution in [1.29, 1.82) is 0 Å². The van der Waals surface area contributed by atoms with Crippen LogP contribution >= 0.6 is 0 Å². The lowest BCUT2D eigenvalue weighted by Crippen LogP contribution is -2.41. The number of hydrogen-bond donors (Lipinski definition) is 3. The maximum Gasteiger partial charge on any atom is 0.303 e. The number of aliphatic hydroxyl groups excluding tert-OH is 1. The second-order valence-electron chi connectivity index (χ2n) is 9.79. The van der Waals surface area contributed by atoms with E-state index < -0.39 is 34.5 Å². The van der Waals surface area contributed by atoms with Crippen LogP contribution in [-0.4, -0.2) is 45.1 Å². The zero-order valence-electron chi connectivity index (χ0n) is 20.8. The molecule has 0 aliphatic heterocycles. The molecule has 7 nitrogen and oxygen atoms in total. The van der Waals surface area contributed by atoms with Crippen molar-refractivity contribution in [3.05, 3.63) is 53.1 Å². The monoisotopic (exact) mass is 505 g/mol. The van der Waals surface area contributed by atoms with Crippen LogP contribution < -0.4 is 14.8 Å². The van der Waals surface area contributed by atoms with E-state index in [0.717, 1.165) is 19.9 Å². The second kappa shape index (κ2) is 9.08. The number of fused-ring (bicyclic) bond motifs is 1. The summed E-state index contributed by atoms with van der Waals surface area (Å²) in [7, 11) is 1.50. The fraction of sp³-hybridized carbons (Fsp3) is 0.462. The number of alkyl halides is 2. The zero-order valence-corrected chi connectivity index (χ0v) is 20.8. The average molecular weight is 506 g/mol. The van der Waals surface area contributed by atoms with Crippen molar-refractivity contribution in [2.45, 2.75) is 63.7 Å². The van der Waals surface area contributed by atoms with Crippen LogP contribution in [0.3, 0.4) is 0 Å². The van der Waals surface area contributed by atoms with Crippen LogP contribution in [0.4, 0.5) is 19.0 Å². The van der Waals surface area contributed by atoms with E-state index >= 15 is 4.39 Å². The van der Waals surface area contributed by atoms with Crippen LogP contribution in [0.5, 0.6) is 11.5 Å². The third-order valence-corrected chi connectivity index (χ3v) is 6.47. The molecular formula is C26H30F3N3O4. The van der Waals surface area contributed by atoms with Gasteiger partial charge in [-0.3, -0.25) is 0 Å². The fourth-order valence-electron chi connectivity index (χ4n) is 4.01. The molecule has 1 atom stereocenters. The van der Waals surface area contributed by atoms with E-state index in [1.807, 2.05) is 0 Å². The van der Waals surface area contributed by atoms with Gasteiger partial charge in [0.25, 0.3) is 0 Å². The Morgan fingerprint density at radius 2 is 1.86 bits per heavy atom. The quantitative estimate of drug-likeness (QED) is 0.376. The molecule has 0 saturated heterocycles. The van der Waals surface area contributed by atoms with Crippen molar-refractivity contribution < 1.29 is 32.9 Å². The number of anilines is 1. The zero-order chi connectivity index (χ0) is 26.5. The van der Waals surface area contributed by atoms with Gasteiger partial charge < -0.3 is 25.0 Å². The Morgan fingerprint density at radius 1 is 1.17 bits per heavy atom. The van der Waals surface area contributed by atoms with Crippen LogP contribution in [0.15, 0.2) is 30.3 Å². The number of methoxy groups -OCH3 is 1. The molecule has 0 spiro atoms. The molecule has 10 heteroatoms. The first kappa shape index (κ1) is 26.0. The summed E-state index contributed by atoms with van der Waals surface area (Å²) in [6.45, 7) is 5.06. The number of nitrogens with one attached hydrogen (secondary N) is 1. The lowest BCUT2D eigenvalue weighted by atomic mass is 9.91. The summed E-state index contributed by atoms with van der Waals surface area (Å²) in [6.07, 6.45) is 1.42. The molecule has 0 unspecified atom stereocenters. The predicted octanol–water partition coefficient (Wildman–Crippen LogP) is 5.03. The van der Waals surface area contributed by atoms with Gasteiger partial charge in [-0.15, -0.1) is 0 Å². The fourth-order valence-corrected chi connectivity index (χ4v) is 4.01. The van der Waals surface area contributed by atoms with Gasteiger partial charge >= 0.3 is 5.92 Å². The maximum absolute atomic E-state index is 15.3. The smallest absolute Gasteiger partial charge is 0.303 e. The number of hydrogen-bond acceptors (Lipinski definition) is 7. The van der Waals surface area contributed by atoms with E-state index in [-0.39, 0.29) is 12.2 Å². The molecule has 1 heterocycles. The van der Waals surface area contributed by atoms with Gasteiger partial charge in [0.1, 0.15) is 28.7 Å². The molecular weight excluding hydrogens is 475 g/mol. The number of benzene rings is 2. The number of ether oxygens (including phenoxy) is 2. The van der Waals surface area contributed by atoms with Crippen LogP contribution in [0.2, 0.25) is 0 Å². The van der Waals surface area contributed by atoms with Crippen LogP contribution in [0.1, 0.15) is 56.6 Å². The van der Waals surface area contributed by atoms with Crippen LogP contribution in [0.25, 0.3) is 10.9 Å². The molecule has 3 N–H and O–H groups in total. The van der Waals surface area contributed by atoms with Gasteiger partial charge in [0, 0.05) is 17.0 Å². The molecule has 0 bridgehead atoms. The van der Waals surface area contributed by atoms with Crippen molar-refractivity contribution in [2.75, 3.05) is 19.0 Å². The second-order valence-corrected chi connectivity index (χ2v) is 9.79. The molecule has 36 heavy (non-hydrogen) atoms. The van der Waals surface area contributed by atoms with Gasteiger partial charge in [0.05, 0.1) is 30.8 Å². The normalized spacial score (nSPS) is 16.1. The Balaban J connectivity index is 1.74. The number of rotatable bonds is 9. The molecule has 1 saturated carbocycles. The molecule has 1 aliphatic rings. The summed E-state index contributed by atoms with van der Waals surface area (Å²) in [6, 6.07) is 6.32. The Hall–Kier alpha value is -3.11. The van der Waals surface area contributed by atoms with Gasteiger partial charge in [0.2, 0.25) is 0 Å². The number of aryl methyl sites for hydroxylation is 1. The predicted molar refractivity (Wildman–Crippen MR) is 129 cm³/mol. The largest absolute Gasteiger partial charge is 0.493 e. The van der Waals surface area contributed by atoms with Crippen LogP contribution in [-0.2, 0) is 5.92 Å². The highest BCUT2D eigenvalue weighted by atomic mass is 19.3. The van der Waals surface area contributed by atoms with Crippen molar-refractivity contribution in [3.63, 3.8) is 0 Å². The van der Waals surface area contributed by atoms with Crippen molar-refractivity contribution >= 4 is 16.7 Å². The molecule has 4 rings (SSSR count). The third-order valence-electron chi connectivity index (χ3n) is 6.47. The number of aromatic nitrogens is 2. The first-order chi connectivity index (χ1) is 16.8. The Morgan fingerprint density at radius 3 is 2.44 bits per heavy atom. The van der Waals surface area contributed by atoms with Gasteiger partial charge in [-0.2, -0.15) is 8.78 Å². The molecule has 3 aromatic rings. The molecule has 194 valence electrons. The van der Waals surface area contributed by atoms with Gasteiger partial charge in [-0.25, -0.2) is 14.4 Å². The summed E-state index contributed by atoms with van der Waals surface area (Å²) >= 11 is 0. The highest BCUT2D eigenvalue weighted by Gasteiger charge is 2.49. The van der Waals surface area contributed by atoms with E-state index in [2.05, 4.69) is 15.3 Å². The first-order valence-corrected chi connectivity index (χ1v) is 11.6. The molecule has 1 fully saturated rings. The average Bonchev–Trinajstić information content (AvgIpc) is 3.58.